The van der Waals surface area contributed by atoms with Crippen molar-refractivity contribution in [3.05, 3.63) is 65.2 Å². The maximum atomic E-state index is 13.2. The molecule has 0 bridgehead atoms. The number of hydrogen-bond acceptors (Lipinski definition) is 3. The van der Waals surface area contributed by atoms with Crippen molar-refractivity contribution in [2.24, 2.45) is 0 Å². The fraction of sp³-hybridized carbons (Fsp3) is 0.316. The summed E-state index contributed by atoms with van der Waals surface area (Å²) in [6.45, 7) is 1.58. The highest BCUT2D eigenvalue weighted by Gasteiger charge is 2.42. The fourth-order valence-electron chi connectivity index (χ4n) is 3.02. The molecule has 0 radical (unpaired) electrons. The van der Waals surface area contributed by atoms with Gasteiger partial charge in [0.1, 0.15) is 0 Å². The van der Waals surface area contributed by atoms with Crippen LogP contribution in [0, 0.1) is 11.3 Å². The van der Waals surface area contributed by atoms with Gasteiger partial charge in [0, 0.05) is 12.1 Å². The predicted molar refractivity (Wildman–Crippen MR) is 93.1 cm³/mol. The number of rotatable bonds is 5. The zero-order chi connectivity index (χ0) is 19.8. The second kappa shape index (κ2) is 6.98. The van der Waals surface area contributed by atoms with Crippen molar-refractivity contribution in [3.63, 3.8) is 0 Å². The van der Waals surface area contributed by atoms with Gasteiger partial charge in [-0.25, -0.2) is 8.42 Å². The molecule has 27 heavy (non-hydrogen) atoms. The van der Waals surface area contributed by atoms with E-state index < -0.39 is 27.8 Å². The summed E-state index contributed by atoms with van der Waals surface area (Å²) in [5, 5.41) is 9.02. The average Bonchev–Trinajstić information content (AvgIpc) is 3.46. The van der Waals surface area contributed by atoms with Gasteiger partial charge in [-0.3, -0.25) is 0 Å². The highest BCUT2D eigenvalue weighted by Crippen LogP contribution is 2.40. The molecule has 1 aliphatic rings. The standard InChI is InChI=1S/C19H17F3N2O2S/c1-13(15-5-3-6-16(11-15)19(20,21)22)24(17-8-9-17)27(25,26)18-7-2-4-14(10-18)12-23/h2-7,10-11,13,17H,8-9H2,1H3. The summed E-state index contributed by atoms with van der Waals surface area (Å²) in [6, 6.07) is 11.2. The number of alkyl halides is 3. The van der Waals surface area contributed by atoms with E-state index in [1.165, 1.54) is 40.7 Å². The van der Waals surface area contributed by atoms with Crippen LogP contribution in [0.3, 0.4) is 0 Å². The Morgan fingerprint density at radius 2 is 1.81 bits per heavy atom. The molecule has 0 spiro atoms. The molecule has 1 unspecified atom stereocenters. The van der Waals surface area contributed by atoms with Gasteiger partial charge < -0.3 is 0 Å². The van der Waals surface area contributed by atoms with Crippen molar-refractivity contribution < 1.29 is 21.6 Å². The van der Waals surface area contributed by atoms with E-state index in [2.05, 4.69) is 0 Å². The molecule has 142 valence electrons. The van der Waals surface area contributed by atoms with Gasteiger partial charge in [-0.05, 0) is 55.7 Å². The lowest BCUT2D eigenvalue weighted by Crippen LogP contribution is -2.35. The first-order chi connectivity index (χ1) is 12.6. The van der Waals surface area contributed by atoms with Gasteiger partial charge in [0.25, 0.3) is 0 Å². The zero-order valence-corrected chi connectivity index (χ0v) is 15.3. The van der Waals surface area contributed by atoms with E-state index in [1.807, 2.05) is 6.07 Å². The summed E-state index contributed by atoms with van der Waals surface area (Å²) in [7, 11) is -3.97. The average molecular weight is 394 g/mol. The molecule has 2 aromatic rings. The van der Waals surface area contributed by atoms with E-state index in [-0.39, 0.29) is 22.1 Å². The van der Waals surface area contributed by atoms with Crippen LogP contribution in [0.1, 0.15) is 42.5 Å². The minimum absolute atomic E-state index is 0.0349. The first kappa shape index (κ1) is 19.4. The van der Waals surface area contributed by atoms with Gasteiger partial charge in [0.15, 0.2) is 0 Å². The van der Waals surface area contributed by atoms with Crippen molar-refractivity contribution in [3.8, 4) is 6.07 Å². The van der Waals surface area contributed by atoms with E-state index >= 15 is 0 Å². The summed E-state index contributed by atoms with van der Waals surface area (Å²) in [5.74, 6) is 0. The molecule has 4 nitrogen and oxygen atoms in total. The van der Waals surface area contributed by atoms with Crippen molar-refractivity contribution in [1.82, 2.24) is 4.31 Å². The van der Waals surface area contributed by atoms with Crippen LogP contribution in [0.25, 0.3) is 0 Å². The second-order valence-electron chi connectivity index (χ2n) is 6.50. The Kier molecular flexibility index (Phi) is 5.02. The Morgan fingerprint density at radius 3 is 2.41 bits per heavy atom. The predicted octanol–water partition coefficient (Wildman–Crippen LogP) is 4.49. The van der Waals surface area contributed by atoms with Crippen molar-refractivity contribution in [2.45, 2.75) is 42.9 Å². The van der Waals surface area contributed by atoms with E-state index in [4.69, 9.17) is 5.26 Å². The number of nitriles is 1. The number of nitrogens with zero attached hydrogens (tertiary/aromatic N) is 2. The second-order valence-corrected chi connectivity index (χ2v) is 8.35. The molecule has 0 N–H and O–H groups in total. The molecule has 1 atom stereocenters. The molecular formula is C19H17F3N2O2S. The maximum absolute atomic E-state index is 13.2. The molecule has 0 aromatic heterocycles. The Labute approximate surface area is 155 Å². The lowest BCUT2D eigenvalue weighted by atomic mass is 10.0. The molecule has 0 heterocycles. The van der Waals surface area contributed by atoms with E-state index in [0.717, 1.165) is 12.1 Å². The Hall–Kier alpha value is -2.37. The highest BCUT2D eigenvalue weighted by molar-refractivity contribution is 7.89. The van der Waals surface area contributed by atoms with E-state index in [1.54, 1.807) is 6.92 Å². The van der Waals surface area contributed by atoms with Crippen molar-refractivity contribution >= 4 is 10.0 Å². The molecule has 1 fully saturated rings. The molecule has 0 amide bonds. The van der Waals surface area contributed by atoms with Gasteiger partial charge in [-0.1, -0.05) is 18.2 Å². The van der Waals surface area contributed by atoms with Crippen LogP contribution in [0.2, 0.25) is 0 Å². The molecule has 8 heteroatoms. The molecule has 0 aliphatic heterocycles. The topological polar surface area (TPSA) is 61.2 Å². The molecule has 2 aromatic carbocycles. The smallest absolute Gasteiger partial charge is 0.207 e. The maximum Gasteiger partial charge on any atom is 0.416 e. The first-order valence-electron chi connectivity index (χ1n) is 8.35. The molecule has 1 aliphatic carbocycles. The van der Waals surface area contributed by atoms with Crippen LogP contribution >= 0.6 is 0 Å². The minimum Gasteiger partial charge on any atom is -0.207 e. The van der Waals surface area contributed by atoms with Crippen LogP contribution in [0.15, 0.2) is 53.4 Å². The quantitative estimate of drug-likeness (QED) is 0.751. The van der Waals surface area contributed by atoms with Crippen LogP contribution in [0.5, 0.6) is 0 Å². The Bertz CT molecular complexity index is 992. The summed E-state index contributed by atoms with van der Waals surface area (Å²) in [6.07, 6.45) is -3.19. The lowest BCUT2D eigenvalue weighted by molar-refractivity contribution is -0.137. The Balaban J connectivity index is 2.02. The third-order valence-electron chi connectivity index (χ3n) is 4.52. The summed E-state index contributed by atoms with van der Waals surface area (Å²) in [4.78, 5) is -0.0349. The molecule has 0 saturated heterocycles. The van der Waals surface area contributed by atoms with Crippen molar-refractivity contribution in [1.29, 1.82) is 5.26 Å². The normalized spacial score (nSPS) is 16.1. The first-order valence-corrected chi connectivity index (χ1v) is 9.79. The van der Waals surface area contributed by atoms with Crippen LogP contribution in [0.4, 0.5) is 13.2 Å². The highest BCUT2D eigenvalue weighted by atomic mass is 32.2. The largest absolute Gasteiger partial charge is 0.416 e. The van der Waals surface area contributed by atoms with E-state index in [9.17, 15) is 21.6 Å². The van der Waals surface area contributed by atoms with Crippen LogP contribution in [-0.4, -0.2) is 18.8 Å². The fourth-order valence-corrected chi connectivity index (χ4v) is 4.93. The van der Waals surface area contributed by atoms with Gasteiger partial charge in [0.05, 0.1) is 22.1 Å². The molecule has 3 rings (SSSR count). The van der Waals surface area contributed by atoms with Crippen LogP contribution < -0.4 is 0 Å². The van der Waals surface area contributed by atoms with E-state index in [0.29, 0.717) is 12.8 Å². The number of hydrogen-bond donors (Lipinski definition) is 0. The van der Waals surface area contributed by atoms with Gasteiger partial charge >= 0.3 is 6.18 Å². The number of halogens is 3. The summed E-state index contributed by atoms with van der Waals surface area (Å²) < 4.78 is 66.7. The Morgan fingerprint density at radius 1 is 1.15 bits per heavy atom. The lowest BCUT2D eigenvalue weighted by Gasteiger charge is -2.29. The SMILES string of the molecule is CC(c1cccc(C(F)(F)F)c1)N(C1CC1)S(=O)(=O)c1cccc(C#N)c1. The zero-order valence-electron chi connectivity index (χ0n) is 14.4. The van der Waals surface area contributed by atoms with Gasteiger partial charge in [-0.2, -0.15) is 22.7 Å². The number of sulfonamides is 1. The van der Waals surface area contributed by atoms with Gasteiger partial charge in [-0.15, -0.1) is 0 Å². The number of benzene rings is 2. The third-order valence-corrected chi connectivity index (χ3v) is 6.54. The van der Waals surface area contributed by atoms with Crippen molar-refractivity contribution in [2.75, 3.05) is 0 Å². The van der Waals surface area contributed by atoms with Crippen LogP contribution in [-0.2, 0) is 16.2 Å². The molecule has 1 saturated carbocycles. The monoisotopic (exact) mass is 394 g/mol. The van der Waals surface area contributed by atoms with Gasteiger partial charge in [0.2, 0.25) is 10.0 Å². The molecular weight excluding hydrogens is 377 g/mol. The summed E-state index contributed by atoms with van der Waals surface area (Å²) >= 11 is 0. The summed E-state index contributed by atoms with van der Waals surface area (Å²) in [5.41, 5.74) is -0.332. The minimum atomic E-state index is -4.50. The third kappa shape index (κ3) is 3.99.